The number of benzene rings is 2. The first-order valence-electron chi connectivity index (χ1n) is 7.27. The second kappa shape index (κ2) is 4.91. The van der Waals surface area contributed by atoms with Crippen LogP contribution in [0.3, 0.4) is 0 Å². The van der Waals surface area contributed by atoms with E-state index in [0.29, 0.717) is 18.9 Å². The minimum Gasteiger partial charge on any atom is -0.490 e. The predicted molar refractivity (Wildman–Crippen MR) is 84.6 cm³/mol. The highest BCUT2D eigenvalue weighted by atomic mass is 16.5. The van der Waals surface area contributed by atoms with E-state index in [2.05, 4.69) is 0 Å². The van der Waals surface area contributed by atoms with E-state index in [1.807, 2.05) is 55.5 Å². The molecule has 1 aliphatic rings. The van der Waals surface area contributed by atoms with Gasteiger partial charge in [0.05, 0.1) is 12.2 Å². The lowest BCUT2D eigenvalue weighted by Crippen LogP contribution is -2.38. The van der Waals surface area contributed by atoms with Crippen LogP contribution in [0.1, 0.15) is 16.1 Å². The summed E-state index contributed by atoms with van der Waals surface area (Å²) in [6.07, 6.45) is 0. The molecule has 0 unspecified atom stereocenters. The van der Waals surface area contributed by atoms with Crippen LogP contribution in [0.4, 0.5) is 5.69 Å². The summed E-state index contributed by atoms with van der Waals surface area (Å²) in [5, 5.41) is 0.979. The van der Waals surface area contributed by atoms with E-state index >= 15 is 0 Å². The first-order chi connectivity index (χ1) is 10.8. The van der Waals surface area contributed by atoms with Crippen LogP contribution in [-0.2, 0) is 0 Å². The predicted octanol–water partition coefficient (Wildman–Crippen LogP) is 3.78. The van der Waals surface area contributed by atoms with Crippen molar-refractivity contribution in [1.29, 1.82) is 0 Å². The molecule has 0 radical (unpaired) electrons. The summed E-state index contributed by atoms with van der Waals surface area (Å²) in [4.78, 5) is 14.7. The fraction of sp³-hybridized carbons (Fsp3) is 0.167. The molecule has 3 aromatic rings. The third-order valence-corrected chi connectivity index (χ3v) is 4.01. The number of nitrogens with zero attached hydrogens (tertiary/aromatic N) is 1. The number of furan rings is 1. The number of rotatable bonds is 1. The Morgan fingerprint density at radius 3 is 2.73 bits per heavy atom. The third-order valence-electron chi connectivity index (χ3n) is 4.01. The van der Waals surface area contributed by atoms with Crippen LogP contribution in [0.25, 0.3) is 11.0 Å². The molecule has 4 rings (SSSR count). The topological polar surface area (TPSA) is 42.7 Å². The molecule has 0 saturated heterocycles. The zero-order valence-corrected chi connectivity index (χ0v) is 12.2. The number of hydrogen-bond donors (Lipinski definition) is 0. The third kappa shape index (κ3) is 1.88. The van der Waals surface area contributed by atoms with Crippen LogP contribution >= 0.6 is 0 Å². The van der Waals surface area contributed by atoms with Crippen molar-refractivity contribution in [2.45, 2.75) is 6.92 Å². The molecule has 110 valence electrons. The van der Waals surface area contributed by atoms with Gasteiger partial charge in [-0.3, -0.25) is 9.69 Å². The summed E-state index contributed by atoms with van der Waals surface area (Å²) in [7, 11) is 0. The number of aryl methyl sites for hydroxylation is 1. The highest BCUT2D eigenvalue weighted by Gasteiger charge is 2.28. The number of fused-ring (bicyclic) bond motifs is 2. The molecule has 4 heteroatoms. The first kappa shape index (κ1) is 13.0. The molecule has 0 spiro atoms. The summed E-state index contributed by atoms with van der Waals surface area (Å²) < 4.78 is 11.4. The molecular weight excluding hydrogens is 278 g/mol. The number of amides is 1. The van der Waals surface area contributed by atoms with Crippen molar-refractivity contribution in [2.24, 2.45) is 0 Å². The number of hydrogen-bond acceptors (Lipinski definition) is 3. The Labute approximate surface area is 127 Å². The molecule has 4 nitrogen and oxygen atoms in total. The average Bonchev–Trinajstić information content (AvgIpc) is 2.91. The maximum Gasteiger partial charge on any atom is 0.294 e. The maximum atomic E-state index is 12.9. The Hall–Kier alpha value is -2.75. The van der Waals surface area contributed by atoms with Gasteiger partial charge in [0, 0.05) is 10.9 Å². The van der Waals surface area contributed by atoms with Crippen LogP contribution < -0.4 is 9.64 Å². The maximum absolute atomic E-state index is 12.9. The van der Waals surface area contributed by atoms with Crippen LogP contribution in [0, 0.1) is 6.92 Å². The van der Waals surface area contributed by atoms with Crippen molar-refractivity contribution >= 4 is 22.6 Å². The van der Waals surface area contributed by atoms with Crippen LogP contribution in [-0.4, -0.2) is 19.1 Å². The van der Waals surface area contributed by atoms with E-state index in [1.54, 1.807) is 4.90 Å². The van der Waals surface area contributed by atoms with Crippen molar-refractivity contribution in [1.82, 2.24) is 0 Å². The Bertz CT molecular complexity index is 866. The minimum atomic E-state index is -0.121. The number of para-hydroxylation sites is 3. The summed E-state index contributed by atoms with van der Waals surface area (Å²) >= 11 is 0. The highest BCUT2D eigenvalue weighted by molar-refractivity contribution is 6.08. The zero-order chi connectivity index (χ0) is 15.1. The van der Waals surface area contributed by atoms with Crippen molar-refractivity contribution in [2.75, 3.05) is 18.1 Å². The molecular formula is C18H15NO3. The SMILES string of the molecule is Cc1c(C(=O)N2CCOc3ccccc32)oc2ccccc12. The Balaban J connectivity index is 1.80. The van der Waals surface area contributed by atoms with E-state index in [1.165, 1.54) is 0 Å². The van der Waals surface area contributed by atoms with Crippen molar-refractivity contribution in [3.8, 4) is 5.75 Å². The summed E-state index contributed by atoms with van der Waals surface area (Å²) in [6.45, 7) is 2.93. The molecule has 2 heterocycles. The van der Waals surface area contributed by atoms with Gasteiger partial charge in [-0.1, -0.05) is 30.3 Å². The van der Waals surface area contributed by atoms with Gasteiger partial charge in [-0.25, -0.2) is 0 Å². The Morgan fingerprint density at radius 2 is 1.86 bits per heavy atom. The fourth-order valence-corrected chi connectivity index (χ4v) is 2.88. The molecule has 0 atom stereocenters. The van der Waals surface area contributed by atoms with Crippen LogP contribution in [0.15, 0.2) is 52.9 Å². The normalized spacial score (nSPS) is 13.8. The second-order valence-electron chi connectivity index (χ2n) is 5.33. The smallest absolute Gasteiger partial charge is 0.294 e. The molecule has 1 aromatic heterocycles. The molecule has 1 aliphatic heterocycles. The summed E-state index contributed by atoms with van der Waals surface area (Å²) in [5.74, 6) is 1.01. The molecule has 0 N–H and O–H groups in total. The second-order valence-corrected chi connectivity index (χ2v) is 5.33. The first-order valence-corrected chi connectivity index (χ1v) is 7.27. The fourth-order valence-electron chi connectivity index (χ4n) is 2.88. The summed E-state index contributed by atoms with van der Waals surface area (Å²) in [6, 6.07) is 15.3. The van der Waals surface area contributed by atoms with Crippen molar-refractivity contribution < 1.29 is 13.9 Å². The Kier molecular flexibility index (Phi) is 2.89. The number of ether oxygens (including phenoxy) is 1. The standard InChI is InChI=1S/C18H15NO3/c1-12-13-6-2-4-8-15(13)22-17(12)18(20)19-10-11-21-16-9-5-3-7-14(16)19/h2-9H,10-11H2,1H3. The van der Waals surface area contributed by atoms with Crippen LogP contribution in [0.2, 0.25) is 0 Å². The number of anilines is 1. The lowest BCUT2D eigenvalue weighted by Gasteiger charge is -2.28. The minimum absolute atomic E-state index is 0.121. The lowest BCUT2D eigenvalue weighted by molar-refractivity contribution is 0.0951. The van der Waals surface area contributed by atoms with Gasteiger partial charge in [0.15, 0.2) is 5.76 Å². The Morgan fingerprint density at radius 1 is 1.09 bits per heavy atom. The molecule has 2 aromatic carbocycles. The van der Waals surface area contributed by atoms with Gasteiger partial charge in [0.1, 0.15) is 17.9 Å². The number of carbonyl (C=O) groups is 1. The van der Waals surface area contributed by atoms with Crippen LogP contribution in [0.5, 0.6) is 5.75 Å². The van der Waals surface area contributed by atoms with E-state index in [-0.39, 0.29) is 5.91 Å². The molecule has 1 amide bonds. The quantitative estimate of drug-likeness (QED) is 0.685. The van der Waals surface area contributed by atoms with E-state index in [4.69, 9.17) is 9.15 Å². The molecule has 0 fully saturated rings. The molecule has 22 heavy (non-hydrogen) atoms. The molecule has 0 saturated carbocycles. The van der Waals surface area contributed by atoms with E-state index in [9.17, 15) is 4.79 Å². The van der Waals surface area contributed by atoms with Gasteiger partial charge in [-0.15, -0.1) is 0 Å². The monoisotopic (exact) mass is 293 g/mol. The molecule has 0 aliphatic carbocycles. The number of carbonyl (C=O) groups excluding carboxylic acids is 1. The largest absolute Gasteiger partial charge is 0.490 e. The zero-order valence-electron chi connectivity index (χ0n) is 12.2. The van der Waals surface area contributed by atoms with Gasteiger partial charge >= 0.3 is 0 Å². The van der Waals surface area contributed by atoms with Gasteiger partial charge in [-0.05, 0) is 25.1 Å². The van der Waals surface area contributed by atoms with Gasteiger partial charge in [0.2, 0.25) is 0 Å². The van der Waals surface area contributed by atoms with E-state index in [0.717, 1.165) is 28.0 Å². The van der Waals surface area contributed by atoms with Crippen molar-refractivity contribution in [3.05, 3.63) is 59.9 Å². The van der Waals surface area contributed by atoms with E-state index < -0.39 is 0 Å². The molecule has 0 bridgehead atoms. The van der Waals surface area contributed by atoms with Gasteiger partial charge in [-0.2, -0.15) is 0 Å². The van der Waals surface area contributed by atoms with Gasteiger partial charge < -0.3 is 9.15 Å². The average molecular weight is 293 g/mol. The van der Waals surface area contributed by atoms with Gasteiger partial charge in [0.25, 0.3) is 5.91 Å². The van der Waals surface area contributed by atoms with Crippen molar-refractivity contribution in [3.63, 3.8) is 0 Å². The lowest BCUT2D eigenvalue weighted by atomic mass is 10.1. The highest BCUT2D eigenvalue weighted by Crippen LogP contribution is 2.33. The summed E-state index contributed by atoms with van der Waals surface area (Å²) in [5.41, 5.74) is 2.41.